The zero-order valence-corrected chi connectivity index (χ0v) is 12.7. The average Bonchev–Trinajstić information content (AvgIpc) is 2.48. The molecule has 0 atom stereocenters. The van der Waals surface area contributed by atoms with E-state index in [4.69, 9.17) is 0 Å². The van der Waals surface area contributed by atoms with Gasteiger partial charge in [-0.15, -0.1) is 0 Å². The molecule has 2 aliphatic rings. The van der Waals surface area contributed by atoms with Crippen molar-refractivity contribution in [2.45, 2.75) is 62.8 Å². The Bertz CT molecular complexity index is 461. The van der Waals surface area contributed by atoms with Gasteiger partial charge in [-0.25, -0.2) is 4.79 Å². The van der Waals surface area contributed by atoms with Gasteiger partial charge in [0.05, 0.1) is 0 Å². The molecule has 2 amide bonds. The van der Waals surface area contributed by atoms with Crippen LogP contribution in [0, 0.1) is 0 Å². The molecular weight excluding hydrogens is 260 g/mol. The molecule has 1 aromatic rings. The molecule has 1 aromatic carbocycles. The highest BCUT2D eigenvalue weighted by molar-refractivity contribution is 5.74. The summed E-state index contributed by atoms with van der Waals surface area (Å²) in [6, 6.07) is 11.0. The summed E-state index contributed by atoms with van der Waals surface area (Å²) >= 11 is 0. The summed E-state index contributed by atoms with van der Waals surface area (Å²) in [5, 5.41) is 6.26. The van der Waals surface area contributed by atoms with E-state index in [1.165, 1.54) is 44.1 Å². The van der Waals surface area contributed by atoms with E-state index in [-0.39, 0.29) is 11.4 Å². The number of rotatable bonds is 4. The monoisotopic (exact) mass is 286 g/mol. The molecule has 0 heterocycles. The largest absolute Gasteiger partial charge is 0.337 e. The summed E-state index contributed by atoms with van der Waals surface area (Å²) in [6.07, 6.45) is 9.71. The normalized spacial score (nSPS) is 21.3. The average molecular weight is 286 g/mol. The third-order valence-corrected chi connectivity index (χ3v) is 5.22. The Morgan fingerprint density at radius 3 is 2.38 bits per heavy atom. The van der Waals surface area contributed by atoms with E-state index in [9.17, 15) is 4.79 Å². The maximum atomic E-state index is 12.1. The van der Waals surface area contributed by atoms with Gasteiger partial charge in [0.15, 0.2) is 0 Å². The molecule has 0 aliphatic heterocycles. The van der Waals surface area contributed by atoms with Crippen LogP contribution in [-0.2, 0) is 5.41 Å². The van der Waals surface area contributed by atoms with Crippen LogP contribution in [0.4, 0.5) is 4.79 Å². The Morgan fingerprint density at radius 1 is 1.05 bits per heavy atom. The molecule has 0 radical (unpaired) electrons. The first-order chi connectivity index (χ1) is 10.3. The fraction of sp³-hybridized carbons (Fsp3) is 0.611. The third kappa shape index (κ3) is 3.39. The smallest absolute Gasteiger partial charge is 0.315 e. The van der Waals surface area contributed by atoms with Crippen molar-refractivity contribution in [1.29, 1.82) is 0 Å². The Balaban J connectivity index is 1.52. The Kier molecular flexibility index (Phi) is 4.47. The minimum atomic E-state index is 0.0177. The molecule has 2 N–H and O–H groups in total. The van der Waals surface area contributed by atoms with Gasteiger partial charge in [0.25, 0.3) is 0 Å². The van der Waals surface area contributed by atoms with E-state index in [1.54, 1.807) is 0 Å². The number of hydrogen-bond acceptors (Lipinski definition) is 1. The number of urea groups is 1. The van der Waals surface area contributed by atoms with Crippen molar-refractivity contribution in [3.8, 4) is 0 Å². The van der Waals surface area contributed by atoms with Crippen LogP contribution in [0.2, 0.25) is 0 Å². The molecule has 2 fully saturated rings. The molecule has 0 unspecified atom stereocenters. The maximum Gasteiger partial charge on any atom is 0.315 e. The molecule has 0 aromatic heterocycles. The Morgan fingerprint density at radius 2 is 1.76 bits per heavy atom. The first kappa shape index (κ1) is 14.4. The van der Waals surface area contributed by atoms with Gasteiger partial charge < -0.3 is 10.6 Å². The van der Waals surface area contributed by atoms with Gasteiger partial charge in [0.2, 0.25) is 0 Å². The predicted octanol–water partition coefficient (Wildman–Crippen LogP) is 3.74. The summed E-state index contributed by atoms with van der Waals surface area (Å²) in [7, 11) is 0. The summed E-state index contributed by atoms with van der Waals surface area (Å²) in [5.41, 5.74) is 1.54. The molecule has 3 nitrogen and oxygen atoms in total. The van der Waals surface area contributed by atoms with Crippen LogP contribution in [0.15, 0.2) is 30.3 Å². The second kappa shape index (κ2) is 6.50. The van der Waals surface area contributed by atoms with Crippen molar-refractivity contribution >= 4 is 6.03 Å². The lowest BCUT2D eigenvalue weighted by Crippen LogP contribution is -2.50. The van der Waals surface area contributed by atoms with Gasteiger partial charge >= 0.3 is 6.03 Å². The van der Waals surface area contributed by atoms with Crippen LogP contribution in [0.1, 0.15) is 56.9 Å². The molecular formula is C18H26N2O. The highest BCUT2D eigenvalue weighted by Crippen LogP contribution is 2.43. The second-order valence-electron chi connectivity index (χ2n) is 6.66. The fourth-order valence-electron chi connectivity index (χ4n) is 3.70. The second-order valence-corrected chi connectivity index (χ2v) is 6.66. The summed E-state index contributed by atoms with van der Waals surface area (Å²) in [6.45, 7) is 0.759. The molecule has 2 aliphatic carbocycles. The highest BCUT2D eigenvalue weighted by atomic mass is 16.2. The van der Waals surface area contributed by atoms with Crippen LogP contribution < -0.4 is 10.6 Å². The number of carbonyl (C=O) groups is 1. The minimum Gasteiger partial charge on any atom is -0.337 e. The first-order valence-corrected chi connectivity index (χ1v) is 8.38. The maximum absolute atomic E-state index is 12.1. The van der Waals surface area contributed by atoms with Crippen molar-refractivity contribution in [3.63, 3.8) is 0 Å². The van der Waals surface area contributed by atoms with Gasteiger partial charge in [-0.05, 0) is 31.2 Å². The topological polar surface area (TPSA) is 41.1 Å². The van der Waals surface area contributed by atoms with Crippen molar-refractivity contribution in [2.75, 3.05) is 6.54 Å². The Labute approximate surface area is 127 Å². The van der Waals surface area contributed by atoms with E-state index >= 15 is 0 Å². The van der Waals surface area contributed by atoms with Gasteiger partial charge in [-0.3, -0.25) is 0 Å². The third-order valence-electron chi connectivity index (χ3n) is 5.22. The number of carbonyl (C=O) groups excluding carboxylic acids is 1. The summed E-state index contributed by atoms with van der Waals surface area (Å²) < 4.78 is 0. The van der Waals surface area contributed by atoms with Gasteiger partial charge in [-0.1, -0.05) is 56.0 Å². The van der Waals surface area contributed by atoms with E-state index in [0.29, 0.717) is 6.04 Å². The number of nitrogens with one attached hydrogen (secondary N) is 2. The zero-order valence-electron chi connectivity index (χ0n) is 12.7. The van der Waals surface area contributed by atoms with Gasteiger partial charge in [-0.2, -0.15) is 0 Å². The molecule has 3 heteroatoms. The van der Waals surface area contributed by atoms with Crippen LogP contribution >= 0.6 is 0 Å². The molecule has 3 rings (SSSR count). The van der Waals surface area contributed by atoms with Crippen molar-refractivity contribution in [2.24, 2.45) is 0 Å². The molecule has 0 bridgehead atoms. The van der Waals surface area contributed by atoms with E-state index < -0.39 is 0 Å². The minimum absolute atomic E-state index is 0.0177. The quantitative estimate of drug-likeness (QED) is 0.870. The van der Waals surface area contributed by atoms with Crippen LogP contribution in [-0.4, -0.2) is 18.6 Å². The lowest BCUT2D eigenvalue weighted by atomic mass is 9.64. The molecule has 2 saturated carbocycles. The van der Waals surface area contributed by atoms with Crippen LogP contribution in [0.25, 0.3) is 0 Å². The standard InChI is InChI=1S/C18H26N2O/c21-17(20-16-10-5-2-6-11-16)19-14-18(12-7-13-18)15-8-3-1-4-9-15/h1,3-4,8-9,16H,2,5-7,10-14H2,(H2,19,20,21). The highest BCUT2D eigenvalue weighted by Gasteiger charge is 2.38. The van der Waals surface area contributed by atoms with E-state index in [1.807, 2.05) is 0 Å². The number of amides is 2. The van der Waals surface area contributed by atoms with Gasteiger partial charge in [0.1, 0.15) is 0 Å². The van der Waals surface area contributed by atoms with Crippen LogP contribution in [0.5, 0.6) is 0 Å². The molecule has 114 valence electrons. The number of benzene rings is 1. The lowest BCUT2D eigenvalue weighted by Gasteiger charge is -2.42. The zero-order chi connectivity index (χ0) is 14.5. The molecule has 0 spiro atoms. The van der Waals surface area contributed by atoms with E-state index in [0.717, 1.165) is 19.4 Å². The molecule has 0 saturated heterocycles. The SMILES string of the molecule is O=C(NCC1(c2ccccc2)CCC1)NC1CCCCC1. The van der Waals surface area contributed by atoms with Crippen molar-refractivity contribution in [1.82, 2.24) is 10.6 Å². The summed E-state index contributed by atoms with van der Waals surface area (Å²) in [4.78, 5) is 12.1. The van der Waals surface area contributed by atoms with Crippen molar-refractivity contribution in [3.05, 3.63) is 35.9 Å². The lowest BCUT2D eigenvalue weighted by molar-refractivity contribution is 0.210. The first-order valence-electron chi connectivity index (χ1n) is 8.38. The van der Waals surface area contributed by atoms with Crippen molar-refractivity contribution < 1.29 is 4.79 Å². The fourth-order valence-corrected chi connectivity index (χ4v) is 3.70. The predicted molar refractivity (Wildman–Crippen MR) is 85.4 cm³/mol. The molecule has 21 heavy (non-hydrogen) atoms. The summed E-state index contributed by atoms with van der Waals surface area (Å²) in [5.74, 6) is 0. The van der Waals surface area contributed by atoms with Gasteiger partial charge in [0, 0.05) is 18.0 Å². The van der Waals surface area contributed by atoms with E-state index in [2.05, 4.69) is 41.0 Å². The number of hydrogen-bond donors (Lipinski definition) is 2. The Hall–Kier alpha value is -1.51. The van der Waals surface area contributed by atoms with Crippen LogP contribution in [0.3, 0.4) is 0 Å².